The molecule has 0 saturated heterocycles. The second-order valence-electron chi connectivity index (χ2n) is 3.87. The zero-order valence-corrected chi connectivity index (χ0v) is 6.81. The van der Waals surface area contributed by atoms with Gasteiger partial charge in [-0.25, -0.2) is 0 Å². The molecule has 2 aliphatic carbocycles. The fraction of sp³-hybridized carbons (Fsp3) is 0.700. The Balaban J connectivity index is 2.19. The van der Waals surface area contributed by atoms with Crippen molar-refractivity contribution in [1.82, 2.24) is 0 Å². The van der Waals surface area contributed by atoms with Crippen molar-refractivity contribution in [2.75, 3.05) is 0 Å². The van der Waals surface area contributed by atoms with Gasteiger partial charge in [0, 0.05) is 11.8 Å². The molecule has 2 rings (SSSR count). The molecule has 0 aromatic rings. The molecule has 1 heteroatoms. The van der Waals surface area contributed by atoms with Crippen LogP contribution in [0.5, 0.6) is 0 Å². The van der Waals surface area contributed by atoms with Crippen molar-refractivity contribution in [2.45, 2.75) is 32.1 Å². The lowest BCUT2D eigenvalue weighted by Crippen LogP contribution is -2.45. The lowest BCUT2D eigenvalue weighted by molar-refractivity contribution is -0.143. The molecule has 60 valence electrons. The minimum atomic E-state index is 0.0851. The van der Waals surface area contributed by atoms with Crippen LogP contribution in [0.1, 0.15) is 32.1 Å². The molecule has 1 nitrogen and oxygen atoms in total. The summed E-state index contributed by atoms with van der Waals surface area (Å²) in [5.74, 6) is 1.22. The van der Waals surface area contributed by atoms with E-state index in [1.807, 2.05) is 6.08 Å². The summed E-state index contributed by atoms with van der Waals surface area (Å²) in [5, 5.41) is 0. The Morgan fingerprint density at radius 2 is 2.55 bits per heavy atom. The minimum absolute atomic E-state index is 0.0851. The van der Waals surface area contributed by atoms with Gasteiger partial charge in [-0.05, 0) is 25.2 Å². The number of hydrogen-bond acceptors (Lipinski definition) is 1. The molecule has 2 atom stereocenters. The van der Waals surface area contributed by atoms with Gasteiger partial charge in [0.05, 0.1) is 0 Å². The number of fused-ring (bicyclic) bond motifs is 1. The maximum atomic E-state index is 11.4. The SMILES string of the molecule is C=CCC12CCCC1CC2=O. The fourth-order valence-corrected chi connectivity index (χ4v) is 2.74. The van der Waals surface area contributed by atoms with Crippen LogP contribution in [0, 0.1) is 11.3 Å². The molecule has 2 aliphatic rings. The molecule has 2 saturated carbocycles. The molecule has 0 bridgehead atoms. The molecule has 0 heterocycles. The highest BCUT2D eigenvalue weighted by atomic mass is 16.1. The van der Waals surface area contributed by atoms with Gasteiger partial charge in [0.1, 0.15) is 5.78 Å². The second-order valence-corrected chi connectivity index (χ2v) is 3.87. The van der Waals surface area contributed by atoms with E-state index in [1.54, 1.807) is 0 Å². The van der Waals surface area contributed by atoms with E-state index in [9.17, 15) is 4.79 Å². The van der Waals surface area contributed by atoms with Gasteiger partial charge >= 0.3 is 0 Å². The van der Waals surface area contributed by atoms with Crippen molar-refractivity contribution >= 4 is 5.78 Å². The summed E-state index contributed by atoms with van der Waals surface area (Å²) in [5.41, 5.74) is 0.0851. The van der Waals surface area contributed by atoms with Crippen LogP contribution < -0.4 is 0 Å². The van der Waals surface area contributed by atoms with Gasteiger partial charge in [-0.1, -0.05) is 12.5 Å². The van der Waals surface area contributed by atoms with Crippen LogP contribution in [0.15, 0.2) is 12.7 Å². The number of carbonyl (C=O) groups excluding carboxylic acids is 1. The summed E-state index contributed by atoms with van der Waals surface area (Å²) in [6, 6.07) is 0. The molecule has 0 N–H and O–H groups in total. The summed E-state index contributed by atoms with van der Waals surface area (Å²) >= 11 is 0. The Labute approximate surface area is 67.5 Å². The van der Waals surface area contributed by atoms with E-state index in [1.165, 1.54) is 12.8 Å². The molecule has 0 amide bonds. The number of allylic oxidation sites excluding steroid dienone is 1. The lowest BCUT2D eigenvalue weighted by Gasteiger charge is -2.42. The van der Waals surface area contributed by atoms with Crippen LogP contribution in [0.4, 0.5) is 0 Å². The third-order valence-electron chi connectivity index (χ3n) is 3.45. The number of carbonyl (C=O) groups is 1. The van der Waals surface area contributed by atoms with Crippen molar-refractivity contribution in [3.8, 4) is 0 Å². The summed E-state index contributed by atoms with van der Waals surface area (Å²) in [6.45, 7) is 3.72. The van der Waals surface area contributed by atoms with Crippen molar-refractivity contribution in [3.63, 3.8) is 0 Å². The average Bonchev–Trinajstić information content (AvgIpc) is 2.30. The fourth-order valence-electron chi connectivity index (χ4n) is 2.74. The van der Waals surface area contributed by atoms with Crippen LogP contribution >= 0.6 is 0 Å². The molecule has 0 aliphatic heterocycles. The van der Waals surface area contributed by atoms with E-state index < -0.39 is 0 Å². The number of ketones is 1. The summed E-state index contributed by atoms with van der Waals surface area (Å²) in [7, 11) is 0. The quantitative estimate of drug-likeness (QED) is 0.552. The predicted molar refractivity (Wildman–Crippen MR) is 44.2 cm³/mol. The highest BCUT2D eigenvalue weighted by molar-refractivity contribution is 5.92. The summed E-state index contributed by atoms with van der Waals surface area (Å²) in [4.78, 5) is 11.4. The van der Waals surface area contributed by atoms with Crippen molar-refractivity contribution in [1.29, 1.82) is 0 Å². The molecule has 2 fully saturated rings. The topological polar surface area (TPSA) is 17.1 Å². The maximum Gasteiger partial charge on any atom is 0.139 e. The molecular formula is C10H14O. The molecule has 0 spiro atoms. The number of rotatable bonds is 2. The summed E-state index contributed by atoms with van der Waals surface area (Å²) < 4.78 is 0. The molecule has 0 radical (unpaired) electrons. The average molecular weight is 150 g/mol. The van der Waals surface area contributed by atoms with E-state index >= 15 is 0 Å². The number of Topliss-reactive ketones (excluding diaryl/α,β-unsaturated/α-hetero) is 1. The zero-order chi connectivity index (χ0) is 7.90. The highest BCUT2D eigenvalue weighted by Gasteiger charge is 2.55. The van der Waals surface area contributed by atoms with Crippen LogP contribution in [0.25, 0.3) is 0 Å². The maximum absolute atomic E-state index is 11.4. The van der Waals surface area contributed by atoms with Crippen LogP contribution in [0.3, 0.4) is 0 Å². The predicted octanol–water partition coefficient (Wildman–Crippen LogP) is 2.32. The Kier molecular flexibility index (Phi) is 1.41. The number of hydrogen-bond donors (Lipinski definition) is 0. The first-order valence-electron chi connectivity index (χ1n) is 4.44. The molecule has 2 unspecified atom stereocenters. The van der Waals surface area contributed by atoms with Gasteiger partial charge in [-0.2, -0.15) is 0 Å². The van der Waals surface area contributed by atoms with Crippen molar-refractivity contribution in [3.05, 3.63) is 12.7 Å². The van der Waals surface area contributed by atoms with Gasteiger partial charge in [-0.15, -0.1) is 6.58 Å². The Bertz CT molecular complexity index is 207. The molecule has 0 aromatic heterocycles. The van der Waals surface area contributed by atoms with Gasteiger partial charge in [0.2, 0.25) is 0 Å². The summed E-state index contributed by atoms with van der Waals surface area (Å²) in [6.07, 6.45) is 7.35. The first-order chi connectivity index (χ1) is 5.29. The minimum Gasteiger partial charge on any atom is -0.299 e. The molecule has 11 heavy (non-hydrogen) atoms. The Hall–Kier alpha value is -0.590. The normalized spacial score (nSPS) is 41.5. The van der Waals surface area contributed by atoms with Crippen LogP contribution in [-0.2, 0) is 4.79 Å². The molecule has 0 aromatic carbocycles. The van der Waals surface area contributed by atoms with Gasteiger partial charge in [0.15, 0.2) is 0 Å². The second kappa shape index (κ2) is 2.20. The van der Waals surface area contributed by atoms with E-state index in [0.29, 0.717) is 11.7 Å². The Morgan fingerprint density at radius 3 is 3.09 bits per heavy atom. The van der Waals surface area contributed by atoms with Crippen molar-refractivity contribution in [2.24, 2.45) is 11.3 Å². The monoisotopic (exact) mass is 150 g/mol. The third kappa shape index (κ3) is 0.741. The van der Waals surface area contributed by atoms with E-state index in [-0.39, 0.29) is 5.41 Å². The van der Waals surface area contributed by atoms with Crippen LogP contribution in [0.2, 0.25) is 0 Å². The van der Waals surface area contributed by atoms with Crippen molar-refractivity contribution < 1.29 is 4.79 Å². The van der Waals surface area contributed by atoms with Crippen LogP contribution in [-0.4, -0.2) is 5.78 Å². The van der Waals surface area contributed by atoms with Gasteiger partial charge in [-0.3, -0.25) is 4.79 Å². The lowest BCUT2D eigenvalue weighted by atomic mass is 9.59. The zero-order valence-electron chi connectivity index (χ0n) is 6.81. The standard InChI is InChI=1S/C10H14O/c1-2-5-10-6-3-4-8(10)7-9(10)11/h2,8H,1,3-7H2. The van der Waals surface area contributed by atoms with E-state index in [4.69, 9.17) is 0 Å². The first-order valence-corrected chi connectivity index (χ1v) is 4.44. The third-order valence-corrected chi connectivity index (χ3v) is 3.45. The first kappa shape index (κ1) is 7.08. The highest BCUT2D eigenvalue weighted by Crippen LogP contribution is 2.56. The van der Waals surface area contributed by atoms with Gasteiger partial charge < -0.3 is 0 Å². The Morgan fingerprint density at radius 1 is 1.73 bits per heavy atom. The smallest absolute Gasteiger partial charge is 0.139 e. The van der Waals surface area contributed by atoms with E-state index in [2.05, 4.69) is 6.58 Å². The van der Waals surface area contributed by atoms with E-state index in [0.717, 1.165) is 19.3 Å². The largest absolute Gasteiger partial charge is 0.299 e. The molecular weight excluding hydrogens is 136 g/mol. The van der Waals surface area contributed by atoms with Gasteiger partial charge in [0.25, 0.3) is 0 Å².